The molecule has 21 heavy (non-hydrogen) atoms. The lowest BCUT2D eigenvalue weighted by Gasteiger charge is -2.07. The summed E-state index contributed by atoms with van der Waals surface area (Å²) in [5.41, 5.74) is 10.1. The highest BCUT2D eigenvalue weighted by Crippen LogP contribution is 2.38. The summed E-state index contributed by atoms with van der Waals surface area (Å²) in [6.07, 6.45) is 0. The maximum Gasteiger partial charge on any atom is 0.230 e. The Kier molecular flexibility index (Phi) is 3.39. The highest BCUT2D eigenvalue weighted by atomic mass is 32.1. The van der Waals surface area contributed by atoms with Gasteiger partial charge in [-0.2, -0.15) is 0 Å². The second-order valence-electron chi connectivity index (χ2n) is 4.71. The molecule has 0 amide bonds. The number of aromatic nitrogens is 2. The summed E-state index contributed by atoms with van der Waals surface area (Å²) in [4.78, 5) is 4.45. The Bertz CT molecular complexity index is 792. The zero-order valence-electron chi connectivity index (χ0n) is 12.0. The summed E-state index contributed by atoms with van der Waals surface area (Å²) in [7, 11) is 1.65. The quantitative estimate of drug-likeness (QED) is 0.799. The summed E-state index contributed by atoms with van der Waals surface area (Å²) in [6.45, 7) is 3.94. The van der Waals surface area contributed by atoms with Crippen LogP contribution in [0.2, 0.25) is 0 Å². The predicted octanol–water partition coefficient (Wildman–Crippen LogP) is 3.67. The van der Waals surface area contributed by atoms with E-state index in [1.54, 1.807) is 18.4 Å². The van der Waals surface area contributed by atoms with Gasteiger partial charge in [-0.3, -0.25) is 0 Å². The Morgan fingerprint density at radius 3 is 2.76 bits per heavy atom. The van der Waals surface area contributed by atoms with Gasteiger partial charge in [-0.25, -0.2) is 4.98 Å². The summed E-state index contributed by atoms with van der Waals surface area (Å²) >= 11 is 1.56. The van der Waals surface area contributed by atoms with Crippen molar-refractivity contribution in [3.8, 4) is 28.3 Å². The van der Waals surface area contributed by atoms with Crippen LogP contribution >= 0.6 is 11.3 Å². The molecule has 1 aromatic carbocycles. The lowest BCUT2D eigenvalue weighted by atomic mass is 10.0. The average Bonchev–Trinajstić information content (AvgIpc) is 3.05. The Morgan fingerprint density at radius 1 is 1.29 bits per heavy atom. The van der Waals surface area contributed by atoms with E-state index in [1.165, 1.54) is 0 Å². The van der Waals surface area contributed by atoms with Gasteiger partial charge in [0.05, 0.1) is 17.7 Å². The molecule has 0 saturated heterocycles. The van der Waals surface area contributed by atoms with Gasteiger partial charge >= 0.3 is 0 Å². The number of hydrogen-bond acceptors (Lipinski definition) is 6. The highest BCUT2D eigenvalue weighted by Gasteiger charge is 2.20. The normalized spacial score (nSPS) is 10.8. The van der Waals surface area contributed by atoms with Crippen molar-refractivity contribution in [2.24, 2.45) is 0 Å². The lowest BCUT2D eigenvalue weighted by Crippen LogP contribution is -1.91. The van der Waals surface area contributed by atoms with Crippen molar-refractivity contribution in [1.82, 2.24) is 10.1 Å². The monoisotopic (exact) mass is 301 g/mol. The summed E-state index contributed by atoms with van der Waals surface area (Å²) in [6, 6.07) is 5.89. The molecular weight excluding hydrogens is 286 g/mol. The molecule has 2 N–H and O–H groups in total. The molecule has 5 nitrogen and oxygen atoms in total. The Labute approximate surface area is 126 Å². The minimum Gasteiger partial charge on any atom is -0.496 e. The average molecular weight is 301 g/mol. The van der Waals surface area contributed by atoms with Gasteiger partial charge in [-0.05, 0) is 31.0 Å². The fourth-order valence-electron chi connectivity index (χ4n) is 2.20. The van der Waals surface area contributed by atoms with Crippen LogP contribution in [0.15, 0.2) is 28.1 Å². The van der Waals surface area contributed by atoms with E-state index in [9.17, 15) is 0 Å². The second kappa shape index (κ2) is 5.21. The van der Waals surface area contributed by atoms with Gasteiger partial charge in [-0.1, -0.05) is 17.3 Å². The number of aryl methyl sites for hydroxylation is 2. The van der Waals surface area contributed by atoms with Crippen LogP contribution in [-0.4, -0.2) is 17.3 Å². The maximum absolute atomic E-state index is 5.95. The number of rotatable bonds is 3. The zero-order chi connectivity index (χ0) is 15.0. The number of nitrogen functional groups attached to an aromatic ring is 1. The van der Waals surface area contributed by atoms with Crippen LogP contribution in [0.3, 0.4) is 0 Å². The van der Waals surface area contributed by atoms with E-state index in [0.29, 0.717) is 5.69 Å². The largest absolute Gasteiger partial charge is 0.496 e. The number of thiazole rings is 1. The zero-order valence-corrected chi connectivity index (χ0v) is 12.8. The Balaban J connectivity index is 2.17. The lowest BCUT2D eigenvalue weighted by molar-refractivity contribution is 0.412. The molecule has 0 saturated carbocycles. The van der Waals surface area contributed by atoms with E-state index in [4.69, 9.17) is 15.0 Å². The molecule has 0 radical (unpaired) electrons. The van der Waals surface area contributed by atoms with Crippen molar-refractivity contribution in [1.29, 1.82) is 0 Å². The molecule has 0 bridgehead atoms. The van der Waals surface area contributed by atoms with Crippen molar-refractivity contribution in [2.75, 3.05) is 12.8 Å². The van der Waals surface area contributed by atoms with E-state index in [0.717, 1.165) is 33.1 Å². The van der Waals surface area contributed by atoms with Crippen LogP contribution < -0.4 is 10.5 Å². The van der Waals surface area contributed by atoms with Crippen molar-refractivity contribution in [3.05, 3.63) is 34.2 Å². The first kappa shape index (κ1) is 13.6. The van der Waals surface area contributed by atoms with Gasteiger partial charge in [0.1, 0.15) is 17.1 Å². The molecule has 108 valence electrons. The molecule has 3 aromatic rings. The standard InChI is InChI=1S/C15H15N3O2S/c1-8-4-5-10(6-12(8)19-3)13-14(18-20-15(13)16)11-7-21-9(2)17-11/h4-7H,16H2,1-3H3. The number of anilines is 1. The van der Waals surface area contributed by atoms with E-state index >= 15 is 0 Å². The van der Waals surface area contributed by atoms with E-state index in [2.05, 4.69) is 10.1 Å². The topological polar surface area (TPSA) is 74.2 Å². The molecule has 2 aromatic heterocycles. The fraction of sp³-hybridized carbons (Fsp3) is 0.200. The van der Waals surface area contributed by atoms with Gasteiger partial charge in [0.15, 0.2) is 0 Å². The highest BCUT2D eigenvalue weighted by molar-refractivity contribution is 7.09. The number of ether oxygens (including phenoxy) is 1. The number of methoxy groups -OCH3 is 1. The Hall–Kier alpha value is -2.34. The molecular formula is C15H15N3O2S. The van der Waals surface area contributed by atoms with Gasteiger partial charge in [-0.15, -0.1) is 11.3 Å². The van der Waals surface area contributed by atoms with Crippen LogP contribution in [0.25, 0.3) is 22.5 Å². The van der Waals surface area contributed by atoms with Gasteiger partial charge in [0.25, 0.3) is 0 Å². The van der Waals surface area contributed by atoms with Crippen LogP contribution in [0.4, 0.5) is 5.88 Å². The number of hydrogen-bond donors (Lipinski definition) is 1. The van der Waals surface area contributed by atoms with E-state index < -0.39 is 0 Å². The first-order valence-corrected chi connectivity index (χ1v) is 7.30. The maximum atomic E-state index is 5.95. The van der Waals surface area contributed by atoms with Crippen LogP contribution in [-0.2, 0) is 0 Å². The van der Waals surface area contributed by atoms with Crippen LogP contribution in [0.1, 0.15) is 10.6 Å². The van der Waals surface area contributed by atoms with E-state index in [1.807, 2.05) is 37.4 Å². The van der Waals surface area contributed by atoms with Crippen LogP contribution in [0.5, 0.6) is 5.75 Å². The molecule has 0 fully saturated rings. The molecule has 0 spiro atoms. The molecule has 6 heteroatoms. The predicted molar refractivity (Wildman–Crippen MR) is 83.5 cm³/mol. The smallest absolute Gasteiger partial charge is 0.230 e. The Morgan fingerprint density at radius 2 is 2.10 bits per heavy atom. The third-order valence-electron chi connectivity index (χ3n) is 3.28. The van der Waals surface area contributed by atoms with Crippen molar-refractivity contribution < 1.29 is 9.26 Å². The van der Waals surface area contributed by atoms with Crippen LogP contribution in [0, 0.1) is 13.8 Å². The molecule has 0 atom stereocenters. The first-order chi connectivity index (χ1) is 10.1. The van der Waals surface area contributed by atoms with Gasteiger partial charge < -0.3 is 15.0 Å². The van der Waals surface area contributed by atoms with Gasteiger partial charge in [0.2, 0.25) is 5.88 Å². The van der Waals surface area contributed by atoms with Crippen molar-refractivity contribution >= 4 is 17.2 Å². The molecule has 0 aliphatic heterocycles. The first-order valence-electron chi connectivity index (χ1n) is 6.43. The third-order valence-corrected chi connectivity index (χ3v) is 4.05. The number of nitrogens with zero attached hydrogens (tertiary/aromatic N) is 2. The minimum absolute atomic E-state index is 0.279. The fourth-order valence-corrected chi connectivity index (χ4v) is 2.80. The number of nitrogens with two attached hydrogens (primary N) is 1. The number of benzene rings is 1. The van der Waals surface area contributed by atoms with E-state index in [-0.39, 0.29) is 5.88 Å². The van der Waals surface area contributed by atoms with Gasteiger partial charge in [0, 0.05) is 5.38 Å². The SMILES string of the molecule is COc1cc(-c2c(-c3csc(C)n3)noc2N)ccc1C. The molecule has 0 aliphatic carbocycles. The summed E-state index contributed by atoms with van der Waals surface area (Å²) in [5.74, 6) is 1.08. The molecule has 3 rings (SSSR count). The molecule has 2 heterocycles. The van der Waals surface area contributed by atoms with Crippen molar-refractivity contribution in [2.45, 2.75) is 13.8 Å². The molecule has 0 aliphatic rings. The third kappa shape index (κ3) is 2.38. The molecule has 0 unspecified atom stereocenters. The second-order valence-corrected chi connectivity index (χ2v) is 5.77. The van der Waals surface area contributed by atoms with Crippen molar-refractivity contribution in [3.63, 3.8) is 0 Å². The minimum atomic E-state index is 0.279. The summed E-state index contributed by atoms with van der Waals surface area (Å²) in [5, 5.41) is 6.97. The summed E-state index contributed by atoms with van der Waals surface area (Å²) < 4.78 is 10.5.